The molecule has 2 atom stereocenters. The molecule has 1 aliphatic carbocycles. The molecule has 0 aromatic heterocycles. The molecule has 0 spiro atoms. The fourth-order valence-electron chi connectivity index (χ4n) is 2.20. The van der Waals surface area contributed by atoms with Crippen molar-refractivity contribution in [1.29, 1.82) is 0 Å². The number of hydrogen-bond acceptors (Lipinski definition) is 3. The minimum atomic E-state index is 0.0398. The summed E-state index contributed by atoms with van der Waals surface area (Å²) in [6.45, 7) is 5.38. The van der Waals surface area contributed by atoms with Crippen LogP contribution in [-0.2, 0) is 4.74 Å². The molecule has 1 saturated carbocycles. The number of hydrogen-bond donors (Lipinski definition) is 1. The van der Waals surface area contributed by atoms with Crippen LogP contribution in [0.3, 0.4) is 0 Å². The molecule has 2 rings (SSSR count). The third-order valence-corrected chi connectivity index (χ3v) is 3.16. The van der Waals surface area contributed by atoms with Gasteiger partial charge in [0.25, 0.3) is 0 Å². The minimum absolute atomic E-state index is 0.0398. The number of aliphatic hydroxyl groups excluding tert-OH is 1. The van der Waals surface area contributed by atoms with Gasteiger partial charge in [0.1, 0.15) is 0 Å². The molecule has 3 nitrogen and oxygen atoms in total. The minimum Gasteiger partial charge on any atom is -0.394 e. The van der Waals surface area contributed by atoms with Crippen LogP contribution >= 0.6 is 0 Å². The third-order valence-electron chi connectivity index (χ3n) is 3.16. The largest absolute Gasteiger partial charge is 0.394 e. The van der Waals surface area contributed by atoms with Crippen LogP contribution in [-0.4, -0.2) is 48.5 Å². The monoisotopic (exact) mass is 199 g/mol. The highest BCUT2D eigenvalue weighted by Crippen LogP contribution is 2.32. The van der Waals surface area contributed by atoms with Gasteiger partial charge in [-0.25, -0.2) is 0 Å². The SMILES string of the molecule is CC1CN(CCC2CC2)CC(CO)O1. The highest BCUT2D eigenvalue weighted by molar-refractivity contribution is 4.79. The van der Waals surface area contributed by atoms with Crippen molar-refractivity contribution in [2.24, 2.45) is 5.92 Å². The lowest BCUT2D eigenvalue weighted by molar-refractivity contribution is -0.0953. The van der Waals surface area contributed by atoms with Crippen LogP contribution in [0, 0.1) is 5.92 Å². The van der Waals surface area contributed by atoms with Gasteiger partial charge in [-0.1, -0.05) is 12.8 Å². The number of nitrogens with zero attached hydrogens (tertiary/aromatic N) is 1. The molecule has 1 aliphatic heterocycles. The van der Waals surface area contributed by atoms with Gasteiger partial charge in [-0.2, -0.15) is 0 Å². The van der Waals surface area contributed by atoms with Crippen molar-refractivity contribution in [1.82, 2.24) is 4.90 Å². The molecule has 0 aromatic rings. The van der Waals surface area contributed by atoms with Gasteiger partial charge in [-0.3, -0.25) is 4.90 Å². The summed E-state index contributed by atoms with van der Waals surface area (Å²) in [7, 11) is 0. The molecule has 0 radical (unpaired) electrons. The Balaban J connectivity index is 1.72. The second-order valence-corrected chi connectivity index (χ2v) is 4.74. The van der Waals surface area contributed by atoms with E-state index in [9.17, 15) is 0 Å². The molecule has 1 N–H and O–H groups in total. The summed E-state index contributed by atoms with van der Waals surface area (Å²) in [5.41, 5.74) is 0. The van der Waals surface area contributed by atoms with Crippen LogP contribution in [0.5, 0.6) is 0 Å². The lowest BCUT2D eigenvalue weighted by Gasteiger charge is -2.36. The summed E-state index contributed by atoms with van der Waals surface area (Å²) in [6, 6.07) is 0. The Bertz CT molecular complexity index is 182. The van der Waals surface area contributed by atoms with E-state index in [2.05, 4.69) is 11.8 Å². The van der Waals surface area contributed by atoms with Gasteiger partial charge in [0.05, 0.1) is 18.8 Å². The molecule has 0 amide bonds. The molecule has 2 fully saturated rings. The van der Waals surface area contributed by atoms with E-state index in [-0.39, 0.29) is 18.8 Å². The maximum absolute atomic E-state index is 9.06. The molecule has 3 heteroatoms. The molecule has 82 valence electrons. The Labute approximate surface area is 86.0 Å². The average molecular weight is 199 g/mol. The zero-order valence-electron chi connectivity index (χ0n) is 8.98. The van der Waals surface area contributed by atoms with E-state index >= 15 is 0 Å². The predicted molar refractivity (Wildman–Crippen MR) is 55.2 cm³/mol. The van der Waals surface area contributed by atoms with Crippen LogP contribution in [0.15, 0.2) is 0 Å². The van der Waals surface area contributed by atoms with Crippen LogP contribution in [0.1, 0.15) is 26.2 Å². The van der Waals surface area contributed by atoms with Gasteiger partial charge >= 0.3 is 0 Å². The summed E-state index contributed by atoms with van der Waals surface area (Å²) in [5.74, 6) is 1.00. The lowest BCUT2D eigenvalue weighted by atomic mass is 10.2. The van der Waals surface area contributed by atoms with Crippen molar-refractivity contribution in [3.8, 4) is 0 Å². The highest BCUT2D eigenvalue weighted by Gasteiger charge is 2.27. The number of ether oxygens (including phenoxy) is 1. The normalized spacial score (nSPS) is 34.7. The Morgan fingerprint density at radius 3 is 2.79 bits per heavy atom. The quantitative estimate of drug-likeness (QED) is 0.729. The molecular formula is C11H21NO2. The molecule has 2 aliphatic rings. The first-order chi connectivity index (χ1) is 6.78. The van der Waals surface area contributed by atoms with Gasteiger partial charge in [-0.15, -0.1) is 0 Å². The third kappa shape index (κ3) is 2.94. The standard InChI is InChI=1S/C11H21NO2/c1-9-6-12(5-4-10-2-3-10)7-11(8-13)14-9/h9-11,13H,2-8H2,1H3. The Hall–Kier alpha value is -0.120. The molecule has 0 bridgehead atoms. The molecule has 2 unspecified atom stereocenters. The van der Waals surface area contributed by atoms with Crippen molar-refractivity contribution < 1.29 is 9.84 Å². The summed E-state index contributed by atoms with van der Waals surface area (Å²) < 4.78 is 5.60. The van der Waals surface area contributed by atoms with Crippen molar-refractivity contribution in [2.75, 3.05) is 26.2 Å². The maximum Gasteiger partial charge on any atom is 0.0936 e. The van der Waals surface area contributed by atoms with Crippen molar-refractivity contribution in [3.05, 3.63) is 0 Å². The van der Waals surface area contributed by atoms with Gasteiger partial charge in [0, 0.05) is 13.1 Å². The fourth-order valence-corrected chi connectivity index (χ4v) is 2.20. The maximum atomic E-state index is 9.06. The topological polar surface area (TPSA) is 32.7 Å². The van der Waals surface area contributed by atoms with Gasteiger partial charge < -0.3 is 9.84 Å². The number of rotatable bonds is 4. The van der Waals surface area contributed by atoms with Gasteiger partial charge in [0.15, 0.2) is 0 Å². The molecule has 14 heavy (non-hydrogen) atoms. The number of aliphatic hydroxyl groups is 1. The summed E-state index contributed by atoms with van der Waals surface area (Å²) in [4.78, 5) is 2.44. The van der Waals surface area contributed by atoms with E-state index in [1.165, 1.54) is 25.8 Å². The summed E-state index contributed by atoms with van der Waals surface area (Å²) in [6.07, 6.45) is 4.52. The first kappa shape index (κ1) is 10.4. The second-order valence-electron chi connectivity index (χ2n) is 4.74. The van der Waals surface area contributed by atoms with Crippen LogP contribution in [0.4, 0.5) is 0 Å². The van der Waals surface area contributed by atoms with Crippen molar-refractivity contribution in [3.63, 3.8) is 0 Å². The van der Waals surface area contributed by atoms with E-state index < -0.39 is 0 Å². The molecule has 1 heterocycles. The first-order valence-corrected chi connectivity index (χ1v) is 5.76. The van der Waals surface area contributed by atoms with Gasteiger partial charge in [-0.05, 0) is 25.8 Å². The fraction of sp³-hybridized carbons (Fsp3) is 1.00. The van der Waals surface area contributed by atoms with Gasteiger partial charge in [0.2, 0.25) is 0 Å². The highest BCUT2D eigenvalue weighted by atomic mass is 16.5. The Kier molecular flexibility index (Phi) is 3.42. The smallest absolute Gasteiger partial charge is 0.0936 e. The van der Waals surface area contributed by atoms with E-state index in [1.807, 2.05) is 0 Å². The Morgan fingerprint density at radius 1 is 1.36 bits per heavy atom. The predicted octanol–water partition coefficient (Wildman–Crippen LogP) is 0.868. The zero-order valence-corrected chi connectivity index (χ0v) is 8.98. The number of morpholine rings is 1. The lowest BCUT2D eigenvalue weighted by Crippen LogP contribution is -2.48. The zero-order chi connectivity index (χ0) is 9.97. The van der Waals surface area contributed by atoms with Crippen molar-refractivity contribution in [2.45, 2.75) is 38.4 Å². The van der Waals surface area contributed by atoms with Crippen LogP contribution in [0.25, 0.3) is 0 Å². The van der Waals surface area contributed by atoms with E-state index in [1.54, 1.807) is 0 Å². The van der Waals surface area contributed by atoms with E-state index in [4.69, 9.17) is 9.84 Å². The van der Waals surface area contributed by atoms with Crippen molar-refractivity contribution >= 4 is 0 Å². The first-order valence-electron chi connectivity index (χ1n) is 5.76. The molecule has 1 saturated heterocycles. The Morgan fingerprint density at radius 2 is 2.14 bits per heavy atom. The van der Waals surface area contributed by atoms with E-state index in [0.29, 0.717) is 0 Å². The van der Waals surface area contributed by atoms with Crippen LogP contribution in [0.2, 0.25) is 0 Å². The van der Waals surface area contributed by atoms with Crippen LogP contribution < -0.4 is 0 Å². The average Bonchev–Trinajstić information content (AvgIpc) is 2.97. The summed E-state index contributed by atoms with van der Waals surface area (Å²) >= 11 is 0. The van der Waals surface area contributed by atoms with E-state index in [0.717, 1.165) is 19.0 Å². The molecule has 0 aromatic carbocycles. The summed E-state index contributed by atoms with van der Waals surface area (Å²) in [5, 5.41) is 9.06. The second kappa shape index (κ2) is 4.60. The molecular weight excluding hydrogens is 178 g/mol.